The minimum Gasteiger partial charge on any atom is -0.385 e. The molecule has 1 aromatic rings. The van der Waals surface area contributed by atoms with Gasteiger partial charge in [-0.15, -0.1) is 0 Å². The first-order valence-electron chi connectivity index (χ1n) is 13.1. The lowest BCUT2D eigenvalue weighted by Gasteiger charge is -2.49. The van der Waals surface area contributed by atoms with E-state index in [1.165, 1.54) is 6.07 Å². The Labute approximate surface area is 200 Å². The number of hydrogen-bond acceptors (Lipinski definition) is 4. The van der Waals surface area contributed by atoms with Gasteiger partial charge in [0.2, 0.25) is 0 Å². The largest absolute Gasteiger partial charge is 0.385 e. The number of likely N-dealkylation sites (tertiary alicyclic amines) is 2. The van der Waals surface area contributed by atoms with Crippen molar-refractivity contribution in [3.8, 4) is 0 Å². The number of piperidine rings is 1. The molecule has 186 valence electrons. The lowest BCUT2D eigenvalue weighted by Crippen LogP contribution is -2.60. The molecule has 0 bridgehead atoms. The minimum absolute atomic E-state index is 0.185. The Kier molecular flexibility index (Phi) is 5.54. The highest BCUT2D eigenvalue weighted by Crippen LogP contribution is 2.51. The van der Waals surface area contributed by atoms with Gasteiger partial charge in [0.15, 0.2) is 5.67 Å². The molecule has 5 nitrogen and oxygen atoms in total. The maximum Gasteiger partial charge on any atom is 0.260 e. The summed E-state index contributed by atoms with van der Waals surface area (Å²) in [4.78, 5) is 16.6. The van der Waals surface area contributed by atoms with Crippen molar-refractivity contribution in [1.82, 2.24) is 9.80 Å². The van der Waals surface area contributed by atoms with Crippen LogP contribution in [0.1, 0.15) is 74.8 Å². The van der Waals surface area contributed by atoms with Crippen LogP contribution in [0.2, 0.25) is 0 Å². The first kappa shape index (κ1) is 22.9. The van der Waals surface area contributed by atoms with Crippen LogP contribution in [0.3, 0.4) is 0 Å². The standard InChI is InChI=1S/C27H36F2N2O3/c28-20-1-2-23(27(33)9-13-34-14-10-27)22(15-20)19-4-11-30(12-5-19)21-3-6-25(16-21)17-31(18-25)24(32)26(29)7-8-26/h1-2,15,19,21,33H,3-14,16-18H2. The van der Waals surface area contributed by atoms with E-state index < -0.39 is 11.3 Å². The molecular formula is C27H36F2N2O3. The second-order valence-corrected chi connectivity index (χ2v) is 11.7. The zero-order chi connectivity index (χ0) is 23.6. The first-order valence-corrected chi connectivity index (χ1v) is 13.1. The van der Waals surface area contributed by atoms with Gasteiger partial charge < -0.3 is 19.6 Å². The van der Waals surface area contributed by atoms with Crippen molar-refractivity contribution in [1.29, 1.82) is 0 Å². The number of nitrogens with zero attached hydrogens (tertiary/aromatic N) is 2. The number of aliphatic hydroxyl groups is 1. The van der Waals surface area contributed by atoms with E-state index in [9.17, 15) is 18.7 Å². The molecular weight excluding hydrogens is 438 g/mol. The Bertz CT molecular complexity index is 945. The topological polar surface area (TPSA) is 53.0 Å². The van der Waals surface area contributed by atoms with Gasteiger partial charge in [-0.25, -0.2) is 8.78 Å². The number of carbonyl (C=O) groups is 1. The summed E-state index contributed by atoms with van der Waals surface area (Å²) in [6.45, 7) is 4.45. The van der Waals surface area contributed by atoms with Gasteiger partial charge >= 0.3 is 0 Å². The molecule has 2 aliphatic carbocycles. The summed E-state index contributed by atoms with van der Waals surface area (Å²) in [7, 11) is 0. The average Bonchev–Trinajstić information content (AvgIpc) is 3.41. The zero-order valence-corrected chi connectivity index (χ0v) is 19.9. The Morgan fingerprint density at radius 3 is 2.41 bits per heavy atom. The van der Waals surface area contributed by atoms with E-state index in [4.69, 9.17) is 4.74 Å². The molecule has 5 fully saturated rings. The lowest BCUT2D eigenvalue weighted by atomic mass is 9.77. The third-order valence-corrected chi connectivity index (χ3v) is 9.41. The van der Waals surface area contributed by atoms with E-state index >= 15 is 0 Å². The second kappa shape index (κ2) is 8.24. The van der Waals surface area contributed by atoms with Crippen molar-refractivity contribution >= 4 is 5.91 Å². The van der Waals surface area contributed by atoms with E-state index in [1.807, 2.05) is 0 Å². The van der Waals surface area contributed by atoms with E-state index in [2.05, 4.69) is 4.90 Å². The number of halogens is 2. The second-order valence-electron chi connectivity index (χ2n) is 11.7. The van der Waals surface area contributed by atoms with E-state index in [0.29, 0.717) is 44.9 Å². The van der Waals surface area contributed by atoms with Gasteiger partial charge in [-0.05, 0) is 87.2 Å². The maximum atomic E-state index is 14.2. The van der Waals surface area contributed by atoms with Crippen molar-refractivity contribution in [3.05, 3.63) is 35.1 Å². The average molecular weight is 475 g/mol. The summed E-state index contributed by atoms with van der Waals surface area (Å²) in [6, 6.07) is 5.42. The number of ether oxygens (including phenoxy) is 1. The number of amides is 1. The molecule has 1 amide bonds. The molecule has 34 heavy (non-hydrogen) atoms. The van der Waals surface area contributed by atoms with Gasteiger partial charge in [0, 0.05) is 50.6 Å². The van der Waals surface area contributed by atoms with Crippen LogP contribution in [-0.2, 0) is 15.1 Å². The molecule has 3 saturated heterocycles. The van der Waals surface area contributed by atoms with E-state index in [1.54, 1.807) is 17.0 Å². The van der Waals surface area contributed by atoms with Gasteiger partial charge in [-0.2, -0.15) is 0 Å². The van der Waals surface area contributed by atoms with Crippen molar-refractivity contribution in [2.24, 2.45) is 5.41 Å². The molecule has 2 saturated carbocycles. The van der Waals surface area contributed by atoms with Gasteiger partial charge in [0.25, 0.3) is 5.91 Å². The molecule has 5 aliphatic rings. The van der Waals surface area contributed by atoms with Gasteiger partial charge in [-0.1, -0.05) is 6.07 Å². The molecule has 6 rings (SSSR count). The quantitative estimate of drug-likeness (QED) is 0.720. The number of rotatable bonds is 4. The molecule has 0 radical (unpaired) electrons. The molecule has 0 aromatic heterocycles. The summed E-state index contributed by atoms with van der Waals surface area (Å²) >= 11 is 0. The Balaban J connectivity index is 1.07. The summed E-state index contributed by atoms with van der Waals surface area (Å²) < 4.78 is 33.8. The van der Waals surface area contributed by atoms with Crippen LogP contribution < -0.4 is 0 Å². The highest BCUT2D eigenvalue weighted by Gasteiger charge is 2.58. The predicted octanol–water partition coefficient (Wildman–Crippen LogP) is 3.89. The molecule has 1 unspecified atom stereocenters. The molecule has 3 heterocycles. The molecule has 1 aromatic carbocycles. The Morgan fingerprint density at radius 2 is 1.74 bits per heavy atom. The lowest BCUT2D eigenvalue weighted by molar-refractivity contribution is -0.150. The molecule has 7 heteroatoms. The van der Waals surface area contributed by atoms with Crippen molar-refractivity contribution in [2.45, 2.75) is 81.0 Å². The summed E-state index contributed by atoms with van der Waals surface area (Å²) in [6.07, 6.45) is 7.16. The summed E-state index contributed by atoms with van der Waals surface area (Å²) in [5.74, 6) is -0.264. The minimum atomic E-state index is -1.55. The molecule has 1 N–H and O–H groups in total. The number of benzene rings is 1. The summed E-state index contributed by atoms with van der Waals surface area (Å²) in [5, 5.41) is 11.3. The highest BCUT2D eigenvalue weighted by molar-refractivity contribution is 5.88. The number of carbonyl (C=O) groups excluding carboxylic acids is 1. The highest BCUT2D eigenvalue weighted by atomic mass is 19.1. The van der Waals surface area contributed by atoms with E-state index in [-0.39, 0.29) is 23.1 Å². The van der Waals surface area contributed by atoms with Crippen molar-refractivity contribution in [2.75, 3.05) is 39.4 Å². The van der Waals surface area contributed by atoms with Gasteiger partial charge in [-0.3, -0.25) is 4.79 Å². The van der Waals surface area contributed by atoms with E-state index in [0.717, 1.165) is 69.4 Å². The fraction of sp³-hybridized carbons (Fsp3) is 0.741. The van der Waals surface area contributed by atoms with Crippen LogP contribution in [-0.4, -0.2) is 71.9 Å². The molecule has 3 aliphatic heterocycles. The smallest absolute Gasteiger partial charge is 0.260 e. The van der Waals surface area contributed by atoms with Crippen LogP contribution in [0.4, 0.5) is 8.78 Å². The molecule has 1 spiro atoms. The maximum absolute atomic E-state index is 14.2. The Morgan fingerprint density at radius 1 is 1.03 bits per heavy atom. The monoisotopic (exact) mass is 474 g/mol. The zero-order valence-electron chi connectivity index (χ0n) is 19.9. The first-order chi connectivity index (χ1) is 16.3. The van der Waals surface area contributed by atoms with Crippen LogP contribution in [0.15, 0.2) is 18.2 Å². The van der Waals surface area contributed by atoms with Gasteiger partial charge in [0.05, 0.1) is 5.60 Å². The number of alkyl halides is 1. The predicted molar refractivity (Wildman–Crippen MR) is 124 cm³/mol. The fourth-order valence-electron chi connectivity index (χ4n) is 7.14. The van der Waals surface area contributed by atoms with Gasteiger partial charge in [0.1, 0.15) is 5.82 Å². The normalized spacial score (nSPS) is 30.3. The Hall–Kier alpha value is -1.57. The third-order valence-electron chi connectivity index (χ3n) is 9.41. The van der Waals surface area contributed by atoms with Crippen LogP contribution >= 0.6 is 0 Å². The van der Waals surface area contributed by atoms with Crippen LogP contribution in [0, 0.1) is 11.2 Å². The van der Waals surface area contributed by atoms with Crippen LogP contribution in [0.25, 0.3) is 0 Å². The summed E-state index contributed by atoms with van der Waals surface area (Å²) in [5.41, 5.74) is -0.432. The number of hydrogen-bond donors (Lipinski definition) is 1. The molecule has 1 atom stereocenters. The van der Waals surface area contributed by atoms with Crippen LogP contribution in [0.5, 0.6) is 0 Å². The van der Waals surface area contributed by atoms with Crippen molar-refractivity contribution < 1.29 is 23.4 Å². The fourth-order valence-corrected chi connectivity index (χ4v) is 7.14. The third kappa shape index (κ3) is 3.97. The SMILES string of the molecule is O=C(N1CC2(CCC(N3CCC(c4cc(F)ccc4C4(O)CCOCC4)CC3)C2)C1)C1(F)CC1. The van der Waals surface area contributed by atoms with Crippen molar-refractivity contribution in [3.63, 3.8) is 0 Å².